The molecule has 0 saturated carbocycles. The van der Waals surface area contributed by atoms with Crippen LogP contribution in [0.4, 0.5) is 0 Å². The third-order valence-corrected chi connectivity index (χ3v) is 5.41. The molecule has 10 nitrogen and oxygen atoms in total. The first-order chi connectivity index (χ1) is 16.1. The molecule has 0 bridgehead atoms. The third-order valence-electron chi connectivity index (χ3n) is 4.81. The molecule has 1 amide bonds. The van der Waals surface area contributed by atoms with Gasteiger partial charge in [0, 0.05) is 11.6 Å². The van der Waals surface area contributed by atoms with Gasteiger partial charge >= 0.3 is 5.69 Å². The Morgan fingerprint density at radius 2 is 1.85 bits per heavy atom. The van der Waals surface area contributed by atoms with E-state index in [0.717, 1.165) is 11.8 Å². The second-order valence-corrected chi connectivity index (χ2v) is 9.64. The summed E-state index contributed by atoms with van der Waals surface area (Å²) in [5, 5.41) is 7.30. The molecule has 0 saturated heterocycles. The van der Waals surface area contributed by atoms with E-state index in [1.165, 1.54) is 9.25 Å². The van der Waals surface area contributed by atoms with Crippen LogP contribution < -0.4 is 15.7 Å². The van der Waals surface area contributed by atoms with E-state index in [2.05, 4.69) is 10.4 Å². The molecule has 1 N–H and O–H groups in total. The van der Waals surface area contributed by atoms with Gasteiger partial charge in [0.25, 0.3) is 10.1 Å². The van der Waals surface area contributed by atoms with E-state index in [0.29, 0.717) is 29.2 Å². The van der Waals surface area contributed by atoms with Crippen LogP contribution in [-0.2, 0) is 32.1 Å². The third kappa shape index (κ3) is 6.55. The molecule has 0 aliphatic rings. The molecule has 182 valence electrons. The second kappa shape index (κ2) is 10.7. The number of methoxy groups -OCH3 is 1. The van der Waals surface area contributed by atoms with Crippen molar-refractivity contribution in [2.24, 2.45) is 0 Å². The van der Waals surface area contributed by atoms with Crippen LogP contribution in [0.25, 0.3) is 17.1 Å². The van der Waals surface area contributed by atoms with Crippen molar-refractivity contribution in [3.63, 3.8) is 0 Å². The summed E-state index contributed by atoms with van der Waals surface area (Å²) in [6.45, 7) is 3.52. The predicted molar refractivity (Wildman–Crippen MR) is 128 cm³/mol. The summed E-state index contributed by atoms with van der Waals surface area (Å²) >= 11 is 0. The Morgan fingerprint density at radius 1 is 1.15 bits per heavy atom. The minimum atomic E-state index is -3.50. The van der Waals surface area contributed by atoms with Crippen molar-refractivity contribution >= 4 is 16.0 Å². The van der Waals surface area contributed by atoms with Crippen LogP contribution in [0.5, 0.6) is 5.75 Å². The zero-order valence-electron chi connectivity index (χ0n) is 19.5. The van der Waals surface area contributed by atoms with E-state index in [4.69, 9.17) is 8.92 Å². The first-order valence-corrected chi connectivity index (χ1v) is 12.5. The van der Waals surface area contributed by atoms with Crippen molar-refractivity contribution < 1.29 is 22.1 Å². The Balaban J connectivity index is 1.96. The fraction of sp³-hybridized carbons (Fsp3) is 0.348. The molecule has 0 aliphatic carbocycles. The number of aromatic nitrogens is 3. The minimum Gasteiger partial charge on any atom is -0.497 e. The molecule has 0 spiro atoms. The van der Waals surface area contributed by atoms with Crippen LogP contribution in [0.1, 0.15) is 19.4 Å². The lowest BCUT2D eigenvalue weighted by Crippen LogP contribution is -2.36. The van der Waals surface area contributed by atoms with Gasteiger partial charge in [0.05, 0.1) is 25.7 Å². The average Bonchev–Trinajstić information content (AvgIpc) is 3.09. The van der Waals surface area contributed by atoms with Crippen molar-refractivity contribution in [3.8, 4) is 22.8 Å². The smallest absolute Gasteiger partial charge is 0.351 e. The SMILES string of the molecule is COc1cccc(-c2nn(-c3ccc(CCOS(C)(=O)=O)cc3)c(=O)n2CC(=O)NC(C)C)c1. The summed E-state index contributed by atoms with van der Waals surface area (Å²) in [4.78, 5) is 25.7. The number of hydrogen-bond acceptors (Lipinski definition) is 7. The van der Waals surface area contributed by atoms with E-state index < -0.39 is 15.8 Å². The lowest BCUT2D eigenvalue weighted by molar-refractivity contribution is -0.122. The Kier molecular flexibility index (Phi) is 7.90. The number of carbonyl (C=O) groups is 1. The zero-order valence-corrected chi connectivity index (χ0v) is 20.3. The lowest BCUT2D eigenvalue weighted by atomic mass is 10.1. The van der Waals surface area contributed by atoms with Gasteiger partial charge in [0.2, 0.25) is 5.91 Å². The van der Waals surface area contributed by atoms with Crippen molar-refractivity contribution in [2.75, 3.05) is 20.0 Å². The molecular weight excluding hydrogens is 460 g/mol. The predicted octanol–water partition coefficient (Wildman–Crippen LogP) is 1.75. The molecule has 0 aliphatic heterocycles. The van der Waals surface area contributed by atoms with Crippen LogP contribution in [-0.4, -0.2) is 54.7 Å². The number of ether oxygens (including phenoxy) is 1. The summed E-state index contributed by atoms with van der Waals surface area (Å²) in [5.74, 6) is 0.619. The van der Waals surface area contributed by atoms with Gasteiger partial charge in [0.1, 0.15) is 12.3 Å². The van der Waals surface area contributed by atoms with Crippen LogP contribution in [0.15, 0.2) is 53.3 Å². The quantitative estimate of drug-likeness (QED) is 0.432. The van der Waals surface area contributed by atoms with E-state index in [-0.39, 0.29) is 25.1 Å². The largest absolute Gasteiger partial charge is 0.497 e. The van der Waals surface area contributed by atoms with E-state index in [1.807, 2.05) is 13.8 Å². The molecule has 11 heteroatoms. The fourth-order valence-electron chi connectivity index (χ4n) is 3.31. The first-order valence-electron chi connectivity index (χ1n) is 10.6. The molecule has 1 aromatic heterocycles. The van der Waals surface area contributed by atoms with Crippen LogP contribution in [0, 0.1) is 0 Å². The highest BCUT2D eigenvalue weighted by Gasteiger charge is 2.19. The van der Waals surface area contributed by atoms with Crippen molar-refractivity contribution in [1.29, 1.82) is 0 Å². The highest BCUT2D eigenvalue weighted by molar-refractivity contribution is 7.85. The van der Waals surface area contributed by atoms with Crippen molar-refractivity contribution in [3.05, 3.63) is 64.6 Å². The number of rotatable bonds is 10. The molecule has 0 unspecified atom stereocenters. The van der Waals surface area contributed by atoms with E-state index in [9.17, 15) is 18.0 Å². The fourth-order valence-corrected chi connectivity index (χ4v) is 3.69. The van der Waals surface area contributed by atoms with Gasteiger partial charge in [0.15, 0.2) is 5.82 Å². The summed E-state index contributed by atoms with van der Waals surface area (Å²) in [7, 11) is -1.96. The Morgan fingerprint density at radius 3 is 2.47 bits per heavy atom. The first kappa shape index (κ1) is 25.2. The maximum absolute atomic E-state index is 13.3. The summed E-state index contributed by atoms with van der Waals surface area (Å²) in [5.41, 5.74) is 1.50. The molecule has 2 aromatic carbocycles. The van der Waals surface area contributed by atoms with Gasteiger partial charge in [-0.25, -0.2) is 4.79 Å². The summed E-state index contributed by atoms with van der Waals surface area (Å²) in [6.07, 6.45) is 1.39. The van der Waals surface area contributed by atoms with Crippen LogP contribution in [0.3, 0.4) is 0 Å². The number of benzene rings is 2. The molecule has 3 rings (SSSR count). The van der Waals surface area contributed by atoms with E-state index >= 15 is 0 Å². The maximum atomic E-state index is 13.3. The molecule has 0 radical (unpaired) electrons. The van der Waals surface area contributed by atoms with E-state index in [1.54, 1.807) is 55.6 Å². The summed E-state index contributed by atoms with van der Waals surface area (Å²) < 4.78 is 34.8. The van der Waals surface area contributed by atoms with Gasteiger partial charge < -0.3 is 10.1 Å². The highest BCUT2D eigenvalue weighted by atomic mass is 32.2. The van der Waals surface area contributed by atoms with Crippen LogP contribution in [0.2, 0.25) is 0 Å². The van der Waals surface area contributed by atoms with Crippen LogP contribution >= 0.6 is 0 Å². The molecular formula is C23H28N4O6S. The molecule has 3 aromatic rings. The number of nitrogens with one attached hydrogen (secondary N) is 1. The molecule has 1 heterocycles. The van der Waals surface area contributed by atoms with Gasteiger partial charge in [-0.1, -0.05) is 24.3 Å². The van der Waals surface area contributed by atoms with Gasteiger partial charge in [-0.05, 0) is 50.1 Å². The Labute approximate surface area is 198 Å². The Bertz CT molecular complexity index is 1310. The number of amides is 1. The second-order valence-electron chi connectivity index (χ2n) is 8.00. The number of carbonyl (C=O) groups excluding carboxylic acids is 1. The monoisotopic (exact) mass is 488 g/mol. The van der Waals surface area contributed by atoms with Crippen molar-refractivity contribution in [1.82, 2.24) is 19.7 Å². The molecule has 0 fully saturated rings. The topological polar surface area (TPSA) is 122 Å². The lowest BCUT2D eigenvalue weighted by Gasteiger charge is -2.10. The number of nitrogens with zero attached hydrogens (tertiary/aromatic N) is 3. The molecule has 0 atom stereocenters. The van der Waals surface area contributed by atoms with Gasteiger partial charge in [-0.15, -0.1) is 5.10 Å². The van der Waals surface area contributed by atoms with Crippen molar-refractivity contribution in [2.45, 2.75) is 32.9 Å². The average molecular weight is 489 g/mol. The Hall–Kier alpha value is -3.44. The highest BCUT2D eigenvalue weighted by Crippen LogP contribution is 2.22. The summed E-state index contributed by atoms with van der Waals surface area (Å²) in [6, 6.07) is 14.0. The zero-order chi connectivity index (χ0) is 24.9. The van der Waals surface area contributed by atoms with Gasteiger partial charge in [-0.2, -0.15) is 13.1 Å². The minimum absolute atomic E-state index is 0.0255. The number of hydrogen-bond donors (Lipinski definition) is 1. The molecule has 34 heavy (non-hydrogen) atoms. The standard InChI is InChI=1S/C23H28N4O6S/c1-16(2)24-21(28)15-26-22(18-6-5-7-20(14-18)32-3)25-27(23(26)29)19-10-8-17(9-11-19)12-13-33-34(4,30)31/h5-11,14,16H,12-13,15H2,1-4H3,(H,24,28). The normalized spacial score (nSPS) is 11.6. The maximum Gasteiger partial charge on any atom is 0.351 e. The van der Waals surface area contributed by atoms with Gasteiger partial charge in [-0.3, -0.25) is 13.5 Å².